The summed E-state index contributed by atoms with van der Waals surface area (Å²) in [5, 5.41) is 15.0. The first-order chi connectivity index (χ1) is 7.63. The number of aliphatic carboxylic acids is 1. The minimum atomic E-state index is -0.823. The largest absolute Gasteiger partial charge is 0.481 e. The summed E-state index contributed by atoms with van der Waals surface area (Å²) < 4.78 is 0. The Morgan fingerprint density at radius 2 is 2.31 bits per heavy atom. The molecule has 0 fully saturated rings. The molecule has 0 radical (unpaired) electrons. The maximum absolute atomic E-state index is 11.6. The molecule has 5 heteroatoms. The van der Waals surface area contributed by atoms with Crippen LogP contribution in [0.5, 0.6) is 0 Å². The van der Waals surface area contributed by atoms with Gasteiger partial charge in [-0.3, -0.25) is 9.59 Å². The fraction of sp³-hybridized carbons (Fsp3) is 0.455. The lowest BCUT2D eigenvalue weighted by molar-refractivity contribution is -0.138. The highest BCUT2D eigenvalue weighted by Gasteiger charge is 2.13. The smallest absolute Gasteiger partial charge is 0.303 e. The number of carbonyl (C=O) groups excluding carboxylic acids is 1. The van der Waals surface area contributed by atoms with E-state index in [2.05, 4.69) is 5.32 Å². The van der Waals surface area contributed by atoms with Gasteiger partial charge in [0.2, 0.25) is 0 Å². The van der Waals surface area contributed by atoms with Crippen molar-refractivity contribution < 1.29 is 14.7 Å². The number of hydrogen-bond acceptors (Lipinski definition) is 3. The Bertz CT molecular complexity index is 348. The van der Waals surface area contributed by atoms with Gasteiger partial charge in [-0.2, -0.15) is 11.3 Å². The third-order valence-corrected chi connectivity index (χ3v) is 3.06. The van der Waals surface area contributed by atoms with Gasteiger partial charge in [0.15, 0.2) is 0 Å². The van der Waals surface area contributed by atoms with Crippen molar-refractivity contribution in [3.63, 3.8) is 0 Å². The van der Waals surface area contributed by atoms with Crippen molar-refractivity contribution in [2.45, 2.75) is 19.8 Å². The second-order valence-electron chi connectivity index (χ2n) is 3.59. The average molecular weight is 241 g/mol. The molecule has 88 valence electrons. The first-order valence-electron chi connectivity index (χ1n) is 5.15. The quantitative estimate of drug-likeness (QED) is 0.800. The van der Waals surface area contributed by atoms with Gasteiger partial charge < -0.3 is 10.4 Å². The van der Waals surface area contributed by atoms with Crippen LogP contribution in [0.1, 0.15) is 30.1 Å². The molecular formula is C11H15NO3S. The number of nitrogens with one attached hydrogen (secondary N) is 1. The van der Waals surface area contributed by atoms with Crippen LogP contribution in [0.4, 0.5) is 0 Å². The molecule has 0 aromatic carbocycles. The zero-order chi connectivity index (χ0) is 12.0. The van der Waals surface area contributed by atoms with E-state index in [1.165, 1.54) is 11.3 Å². The Labute approximate surface area is 98.3 Å². The van der Waals surface area contributed by atoms with E-state index in [4.69, 9.17) is 5.11 Å². The molecule has 0 aliphatic carbocycles. The van der Waals surface area contributed by atoms with Gasteiger partial charge in [-0.1, -0.05) is 13.3 Å². The number of amides is 1. The molecule has 4 nitrogen and oxygen atoms in total. The zero-order valence-corrected chi connectivity index (χ0v) is 9.92. The minimum Gasteiger partial charge on any atom is -0.481 e. The topological polar surface area (TPSA) is 66.4 Å². The van der Waals surface area contributed by atoms with Gasteiger partial charge in [0.1, 0.15) is 0 Å². The van der Waals surface area contributed by atoms with Gasteiger partial charge in [-0.25, -0.2) is 0 Å². The van der Waals surface area contributed by atoms with Crippen molar-refractivity contribution in [2.75, 3.05) is 6.54 Å². The van der Waals surface area contributed by atoms with E-state index in [0.717, 1.165) is 6.42 Å². The molecule has 1 amide bonds. The van der Waals surface area contributed by atoms with E-state index in [-0.39, 0.29) is 18.2 Å². The Hall–Kier alpha value is -1.36. The van der Waals surface area contributed by atoms with Crippen LogP contribution in [-0.2, 0) is 4.79 Å². The summed E-state index contributed by atoms with van der Waals surface area (Å²) in [5.41, 5.74) is 0.634. The Balaban J connectivity index is 2.38. The van der Waals surface area contributed by atoms with Crippen LogP contribution >= 0.6 is 11.3 Å². The third-order valence-electron chi connectivity index (χ3n) is 2.38. The van der Waals surface area contributed by atoms with Crippen LogP contribution in [0.25, 0.3) is 0 Å². The predicted octanol–water partition coefficient (Wildman–Crippen LogP) is 1.98. The van der Waals surface area contributed by atoms with E-state index < -0.39 is 5.97 Å². The molecule has 1 heterocycles. The van der Waals surface area contributed by atoms with Crippen LogP contribution < -0.4 is 5.32 Å². The summed E-state index contributed by atoms with van der Waals surface area (Å²) in [4.78, 5) is 22.1. The minimum absolute atomic E-state index is 0.0000794. The van der Waals surface area contributed by atoms with Crippen molar-refractivity contribution in [1.82, 2.24) is 5.32 Å². The first kappa shape index (κ1) is 12.7. The predicted molar refractivity (Wildman–Crippen MR) is 62.7 cm³/mol. The lowest BCUT2D eigenvalue weighted by atomic mass is 10.0. The van der Waals surface area contributed by atoms with Crippen LogP contribution in [0, 0.1) is 5.92 Å². The number of carbonyl (C=O) groups is 2. The van der Waals surface area contributed by atoms with Crippen molar-refractivity contribution in [3.8, 4) is 0 Å². The molecule has 0 bridgehead atoms. The monoisotopic (exact) mass is 241 g/mol. The maximum Gasteiger partial charge on any atom is 0.303 e. The van der Waals surface area contributed by atoms with Crippen LogP contribution in [0.2, 0.25) is 0 Å². The molecule has 1 atom stereocenters. The fourth-order valence-electron chi connectivity index (χ4n) is 1.34. The highest BCUT2D eigenvalue weighted by atomic mass is 32.1. The maximum atomic E-state index is 11.6. The molecule has 1 unspecified atom stereocenters. The molecule has 2 N–H and O–H groups in total. The Morgan fingerprint density at radius 1 is 1.56 bits per heavy atom. The summed E-state index contributed by atoms with van der Waals surface area (Å²) in [6.45, 7) is 2.34. The molecule has 0 saturated carbocycles. The molecule has 1 aromatic rings. The number of hydrogen-bond donors (Lipinski definition) is 2. The fourth-order valence-corrected chi connectivity index (χ4v) is 1.98. The number of thiophene rings is 1. The normalized spacial score (nSPS) is 12.1. The number of carboxylic acids is 1. The third kappa shape index (κ3) is 4.02. The molecule has 16 heavy (non-hydrogen) atoms. The van der Waals surface area contributed by atoms with E-state index in [0.29, 0.717) is 12.1 Å². The van der Waals surface area contributed by atoms with E-state index in [1.54, 1.807) is 11.4 Å². The second-order valence-corrected chi connectivity index (χ2v) is 4.37. The summed E-state index contributed by atoms with van der Waals surface area (Å²) in [6, 6.07) is 1.75. The first-order valence-corrected chi connectivity index (χ1v) is 6.10. The molecular weight excluding hydrogens is 226 g/mol. The van der Waals surface area contributed by atoms with Crippen LogP contribution in [-0.4, -0.2) is 23.5 Å². The Morgan fingerprint density at radius 3 is 2.81 bits per heavy atom. The summed E-state index contributed by atoms with van der Waals surface area (Å²) >= 11 is 1.46. The highest BCUT2D eigenvalue weighted by Crippen LogP contribution is 2.09. The van der Waals surface area contributed by atoms with Gasteiger partial charge in [0, 0.05) is 23.9 Å². The van der Waals surface area contributed by atoms with Gasteiger partial charge >= 0.3 is 5.97 Å². The lowest BCUT2D eigenvalue weighted by Crippen LogP contribution is -2.29. The Kier molecular flexibility index (Phi) is 4.98. The van der Waals surface area contributed by atoms with Gasteiger partial charge in [0.25, 0.3) is 5.91 Å². The van der Waals surface area contributed by atoms with Crippen LogP contribution in [0.15, 0.2) is 16.8 Å². The van der Waals surface area contributed by atoms with Crippen molar-refractivity contribution in [3.05, 3.63) is 22.4 Å². The molecule has 0 spiro atoms. The zero-order valence-electron chi connectivity index (χ0n) is 9.10. The summed E-state index contributed by atoms with van der Waals surface area (Å²) in [7, 11) is 0. The average Bonchev–Trinajstić information content (AvgIpc) is 2.76. The number of carboxylic acid groups (broad SMARTS) is 1. The standard InChI is InChI=1S/C11H15NO3S/c1-2-8(5-10(13)14)6-12-11(15)9-3-4-16-7-9/h3-4,7-8H,2,5-6H2,1H3,(H,12,15)(H,13,14). The molecule has 0 saturated heterocycles. The molecule has 0 aliphatic heterocycles. The van der Waals surface area contributed by atoms with Crippen LogP contribution in [0.3, 0.4) is 0 Å². The molecule has 1 aromatic heterocycles. The van der Waals surface area contributed by atoms with E-state index >= 15 is 0 Å². The van der Waals surface area contributed by atoms with Crippen molar-refractivity contribution in [1.29, 1.82) is 0 Å². The summed E-state index contributed by atoms with van der Waals surface area (Å²) in [5.74, 6) is -0.957. The van der Waals surface area contributed by atoms with Crippen molar-refractivity contribution in [2.24, 2.45) is 5.92 Å². The van der Waals surface area contributed by atoms with E-state index in [1.807, 2.05) is 12.3 Å². The SMILES string of the molecule is CCC(CNC(=O)c1ccsc1)CC(=O)O. The summed E-state index contributed by atoms with van der Waals surface area (Å²) in [6.07, 6.45) is 0.844. The molecule has 1 rings (SSSR count). The van der Waals surface area contributed by atoms with Gasteiger partial charge in [0.05, 0.1) is 0 Å². The lowest BCUT2D eigenvalue weighted by Gasteiger charge is -2.12. The van der Waals surface area contributed by atoms with Gasteiger partial charge in [-0.05, 0) is 17.4 Å². The van der Waals surface area contributed by atoms with Gasteiger partial charge in [-0.15, -0.1) is 0 Å². The van der Waals surface area contributed by atoms with Crippen molar-refractivity contribution >= 4 is 23.2 Å². The number of rotatable bonds is 6. The molecule has 0 aliphatic rings. The van der Waals surface area contributed by atoms with E-state index in [9.17, 15) is 9.59 Å². The highest BCUT2D eigenvalue weighted by molar-refractivity contribution is 7.08. The second kappa shape index (κ2) is 6.27.